The first kappa shape index (κ1) is 23.8. The van der Waals surface area contributed by atoms with Crippen molar-refractivity contribution in [3.8, 4) is 5.75 Å². The monoisotopic (exact) mass is 428 g/mol. The molecule has 0 fully saturated rings. The van der Waals surface area contributed by atoms with E-state index in [1.54, 1.807) is 23.8 Å². The zero-order chi connectivity index (χ0) is 21.8. The number of ether oxygens (including phenoxy) is 1. The van der Waals surface area contributed by atoms with Gasteiger partial charge in [-0.15, -0.1) is 11.8 Å². The predicted molar refractivity (Wildman–Crippen MR) is 124 cm³/mol. The topological polar surface area (TPSA) is 58.6 Å². The minimum absolute atomic E-state index is 0.0106. The van der Waals surface area contributed by atoms with E-state index in [1.807, 2.05) is 68.4 Å². The van der Waals surface area contributed by atoms with Crippen molar-refractivity contribution in [3.63, 3.8) is 0 Å². The van der Waals surface area contributed by atoms with Crippen molar-refractivity contribution in [2.75, 3.05) is 26.0 Å². The molecule has 30 heavy (non-hydrogen) atoms. The number of rotatable bonds is 12. The van der Waals surface area contributed by atoms with Crippen LogP contribution < -0.4 is 10.1 Å². The van der Waals surface area contributed by atoms with Crippen molar-refractivity contribution in [2.45, 2.75) is 38.5 Å². The molecule has 0 aromatic heterocycles. The summed E-state index contributed by atoms with van der Waals surface area (Å²) in [5.74, 6) is 1.78. The zero-order valence-corrected chi connectivity index (χ0v) is 18.9. The summed E-state index contributed by atoms with van der Waals surface area (Å²) in [5, 5.41) is 2.91. The Kier molecular flexibility index (Phi) is 10.3. The van der Waals surface area contributed by atoms with Crippen LogP contribution in [0.1, 0.15) is 31.4 Å². The maximum atomic E-state index is 13.0. The number of benzene rings is 2. The van der Waals surface area contributed by atoms with Crippen LogP contribution in [0.5, 0.6) is 5.75 Å². The fraction of sp³-hybridized carbons (Fsp3) is 0.417. The molecule has 0 spiro atoms. The van der Waals surface area contributed by atoms with Gasteiger partial charge in [0, 0.05) is 18.8 Å². The van der Waals surface area contributed by atoms with Gasteiger partial charge in [-0.25, -0.2) is 0 Å². The molecule has 0 radical (unpaired) electrons. The molecule has 2 rings (SSSR count). The Morgan fingerprint density at radius 2 is 1.77 bits per heavy atom. The number of carbonyl (C=O) groups excluding carboxylic acids is 2. The molecular formula is C24H32N2O3S. The van der Waals surface area contributed by atoms with Crippen LogP contribution in [-0.2, 0) is 21.8 Å². The first-order valence-electron chi connectivity index (χ1n) is 10.4. The minimum atomic E-state index is -0.491. The molecule has 1 atom stereocenters. The number of nitrogens with zero attached hydrogens (tertiary/aromatic N) is 1. The number of thioether (sulfide) groups is 1. The molecule has 5 nitrogen and oxygen atoms in total. The smallest absolute Gasteiger partial charge is 0.242 e. The number of methoxy groups -OCH3 is 1. The maximum Gasteiger partial charge on any atom is 0.242 e. The Labute approximate surface area is 184 Å². The molecule has 0 saturated heterocycles. The molecule has 0 aliphatic carbocycles. The molecule has 2 aromatic rings. The van der Waals surface area contributed by atoms with E-state index >= 15 is 0 Å². The highest BCUT2D eigenvalue weighted by atomic mass is 32.2. The molecule has 0 saturated carbocycles. The minimum Gasteiger partial charge on any atom is -0.497 e. The lowest BCUT2D eigenvalue weighted by molar-refractivity contribution is -0.137. The summed E-state index contributed by atoms with van der Waals surface area (Å²) in [6, 6.07) is 17.4. The third kappa shape index (κ3) is 7.75. The van der Waals surface area contributed by atoms with Crippen LogP contribution in [-0.4, -0.2) is 48.7 Å². The second-order valence-electron chi connectivity index (χ2n) is 7.13. The Morgan fingerprint density at radius 3 is 2.40 bits per heavy atom. The molecule has 1 unspecified atom stereocenters. The van der Waals surface area contributed by atoms with E-state index in [2.05, 4.69) is 5.32 Å². The van der Waals surface area contributed by atoms with Crippen LogP contribution in [0.15, 0.2) is 54.6 Å². The lowest BCUT2D eigenvalue weighted by Crippen LogP contribution is -2.49. The van der Waals surface area contributed by atoms with Crippen molar-refractivity contribution in [3.05, 3.63) is 65.7 Å². The van der Waals surface area contributed by atoms with Gasteiger partial charge >= 0.3 is 0 Å². The molecule has 0 bridgehead atoms. The van der Waals surface area contributed by atoms with Gasteiger partial charge in [-0.3, -0.25) is 9.59 Å². The fourth-order valence-corrected chi connectivity index (χ4v) is 3.90. The van der Waals surface area contributed by atoms with Gasteiger partial charge in [-0.05, 0) is 43.0 Å². The van der Waals surface area contributed by atoms with Gasteiger partial charge in [0.25, 0.3) is 0 Å². The lowest BCUT2D eigenvalue weighted by atomic mass is 10.1. The van der Waals surface area contributed by atoms with Crippen LogP contribution in [0.3, 0.4) is 0 Å². The lowest BCUT2D eigenvalue weighted by Gasteiger charge is -2.28. The summed E-state index contributed by atoms with van der Waals surface area (Å²) >= 11 is 1.56. The predicted octanol–water partition coefficient (Wildman–Crippen LogP) is 3.91. The van der Waals surface area contributed by atoms with Crippen molar-refractivity contribution in [1.82, 2.24) is 10.2 Å². The van der Waals surface area contributed by atoms with E-state index in [0.717, 1.165) is 35.5 Å². The van der Waals surface area contributed by atoms with Crippen LogP contribution in [0.25, 0.3) is 0 Å². The summed E-state index contributed by atoms with van der Waals surface area (Å²) in [4.78, 5) is 27.2. The summed E-state index contributed by atoms with van der Waals surface area (Å²) in [7, 11) is 1.64. The molecular weight excluding hydrogens is 396 g/mol. The number of carbonyl (C=O) groups is 2. The van der Waals surface area contributed by atoms with Crippen LogP contribution in [0, 0.1) is 0 Å². The quantitative estimate of drug-likeness (QED) is 0.557. The van der Waals surface area contributed by atoms with Gasteiger partial charge < -0.3 is 15.0 Å². The average Bonchev–Trinajstić information content (AvgIpc) is 2.78. The van der Waals surface area contributed by atoms with Crippen molar-refractivity contribution < 1.29 is 14.3 Å². The maximum absolute atomic E-state index is 13.0. The molecule has 1 N–H and O–H groups in total. The first-order valence-corrected chi connectivity index (χ1v) is 11.5. The molecule has 0 aliphatic rings. The third-order valence-corrected chi connectivity index (χ3v) is 5.84. The molecule has 6 heteroatoms. The molecule has 2 aromatic carbocycles. The third-order valence-electron chi connectivity index (χ3n) is 4.85. The molecule has 2 amide bonds. The number of hydrogen-bond acceptors (Lipinski definition) is 4. The van der Waals surface area contributed by atoms with E-state index in [9.17, 15) is 9.59 Å². The van der Waals surface area contributed by atoms with E-state index in [1.165, 1.54) is 0 Å². The zero-order valence-electron chi connectivity index (χ0n) is 18.1. The molecule has 0 heterocycles. The highest BCUT2D eigenvalue weighted by Crippen LogP contribution is 2.17. The SMILES string of the molecule is CCCNC(=O)C(C)N(CCc1ccccc1)C(=O)CSCc1ccc(OC)cc1. The Balaban J connectivity index is 1.96. The van der Waals surface area contributed by atoms with E-state index in [0.29, 0.717) is 18.8 Å². The van der Waals surface area contributed by atoms with Gasteiger partial charge in [0.2, 0.25) is 11.8 Å². The van der Waals surface area contributed by atoms with Gasteiger partial charge in [-0.2, -0.15) is 0 Å². The Morgan fingerprint density at radius 1 is 1.07 bits per heavy atom. The summed E-state index contributed by atoms with van der Waals surface area (Å²) < 4.78 is 5.18. The van der Waals surface area contributed by atoms with Crippen molar-refractivity contribution in [1.29, 1.82) is 0 Å². The number of hydrogen-bond donors (Lipinski definition) is 1. The summed E-state index contributed by atoms with van der Waals surface area (Å²) in [5.41, 5.74) is 2.29. The van der Waals surface area contributed by atoms with Crippen molar-refractivity contribution >= 4 is 23.6 Å². The van der Waals surface area contributed by atoms with Crippen LogP contribution in [0.4, 0.5) is 0 Å². The first-order chi connectivity index (χ1) is 14.5. The van der Waals surface area contributed by atoms with Gasteiger partial charge in [0.15, 0.2) is 0 Å². The molecule has 162 valence electrons. The average molecular weight is 429 g/mol. The van der Waals surface area contributed by atoms with E-state index < -0.39 is 6.04 Å². The van der Waals surface area contributed by atoms with E-state index in [4.69, 9.17) is 4.74 Å². The van der Waals surface area contributed by atoms with Crippen molar-refractivity contribution in [2.24, 2.45) is 0 Å². The highest BCUT2D eigenvalue weighted by Gasteiger charge is 2.25. The normalized spacial score (nSPS) is 11.6. The number of amides is 2. The Hall–Kier alpha value is -2.47. The second-order valence-corrected chi connectivity index (χ2v) is 8.12. The number of nitrogens with one attached hydrogen (secondary N) is 1. The summed E-state index contributed by atoms with van der Waals surface area (Å²) in [6.45, 7) is 4.96. The Bertz CT molecular complexity index is 781. The standard InChI is InChI=1S/C24H32N2O3S/c1-4-15-25-24(28)19(2)26(16-14-20-8-6-5-7-9-20)23(27)18-30-17-21-10-12-22(29-3)13-11-21/h5-13,19H,4,14-18H2,1-3H3,(H,25,28). The van der Waals surface area contributed by atoms with Gasteiger partial charge in [-0.1, -0.05) is 49.4 Å². The van der Waals surface area contributed by atoms with Gasteiger partial charge in [0.1, 0.15) is 11.8 Å². The largest absolute Gasteiger partial charge is 0.497 e. The van der Waals surface area contributed by atoms with Gasteiger partial charge in [0.05, 0.1) is 12.9 Å². The van der Waals surface area contributed by atoms with Crippen LogP contribution >= 0.6 is 11.8 Å². The molecule has 0 aliphatic heterocycles. The van der Waals surface area contributed by atoms with E-state index in [-0.39, 0.29) is 11.8 Å². The fourth-order valence-electron chi connectivity index (χ4n) is 3.03. The summed E-state index contributed by atoms with van der Waals surface area (Å²) in [6.07, 6.45) is 1.59. The highest BCUT2D eigenvalue weighted by molar-refractivity contribution is 7.99. The van der Waals surface area contributed by atoms with Crippen LogP contribution in [0.2, 0.25) is 0 Å². The second kappa shape index (κ2) is 13.0.